The number of anilines is 1. The van der Waals surface area contributed by atoms with Crippen LogP contribution in [0.15, 0.2) is 36.5 Å². The fourth-order valence-corrected chi connectivity index (χ4v) is 2.02. The van der Waals surface area contributed by atoms with E-state index >= 15 is 0 Å². The Hall–Kier alpha value is -1.97. The van der Waals surface area contributed by atoms with Gasteiger partial charge in [-0.05, 0) is 18.6 Å². The van der Waals surface area contributed by atoms with E-state index in [1.54, 1.807) is 12.3 Å². The van der Waals surface area contributed by atoms with Crippen LogP contribution >= 0.6 is 0 Å². The van der Waals surface area contributed by atoms with Crippen molar-refractivity contribution in [3.8, 4) is 0 Å². The van der Waals surface area contributed by atoms with Crippen molar-refractivity contribution in [2.75, 3.05) is 5.32 Å². The predicted molar refractivity (Wildman–Crippen MR) is 74.8 cm³/mol. The number of carbonyl (C=O) groups excluding carboxylic acids is 1. The maximum absolute atomic E-state index is 13.4. The number of nitrogens with zero attached hydrogens (tertiary/aromatic N) is 1. The SMILES string of the molecule is CCCC(F)CC(=O)Nc1cccc2cccnc12. The zero-order valence-electron chi connectivity index (χ0n) is 10.9. The molecule has 1 N–H and O–H groups in total. The Bertz CT molecular complexity index is 566. The van der Waals surface area contributed by atoms with Gasteiger partial charge >= 0.3 is 0 Å². The second kappa shape index (κ2) is 6.27. The molecule has 4 heteroatoms. The standard InChI is InChI=1S/C15H17FN2O/c1-2-5-12(16)10-14(19)18-13-8-3-6-11-7-4-9-17-15(11)13/h3-4,6-9,12H,2,5,10H2,1H3,(H,18,19). The van der Waals surface area contributed by atoms with E-state index in [4.69, 9.17) is 0 Å². The van der Waals surface area contributed by atoms with Gasteiger partial charge in [-0.1, -0.05) is 31.5 Å². The monoisotopic (exact) mass is 260 g/mol. The van der Waals surface area contributed by atoms with Gasteiger partial charge in [0.25, 0.3) is 0 Å². The van der Waals surface area contributed by atoms with Crippen LogP contribution in [0.3, 0.4) is 0 Å². The largest absolute Gasteiger partial charge is 0.324 e. The molecule has 1 aromatic heterocycles. The van der Waals surface area contributed by atoms with Gasteiger partial charge in [-0.15, -0.1) is 0 Å². The number of halogens is 1. The van der Waals surface area contributed by atoms with Gasteiger partial charge in [0.1, 0.15) is 6.17 Å². The first-order valence-corrected chi connectivity index (χ1v) is 6.48. The Balaban J connectivity index is 2.11. The molecule has 0 saturated carbocycles. The summed E-state index contributed by atoms with van der Waals surface area (Å²) >= 11 is 0. The second-order valence-corrected chi connectivity index (χ2v) is 4.52. The van der Waals surface area contributed by atoms with Crippen molar-refractivity contribution in [1.82, 2.24) is 4.98 Å². The molecule has 0 aliphatic heterocycles. The Morgan fingerprint density at radius 2 is 2.16 bits per heavy atom. The number of pyridine rings is 1. The van der Waals surface area contributed by atoms with E-state index in [0.29, 0.717) is 12.1 Å². The normalized spacial score (nSPS) is 12.3. The predicted octanol–water partition coefficient (Wildman–Crippen LogP) is 3.70. The lowest BCUT2D eigenvalue weighted by Crippen LogP contribution is -2.17. The fourth-order valence-electron chi connectivity index (χ4n) is 2.02. The summed E-state index contributed by atoms with van der Waals surface area (Å²) in [5, 5.41) is 3.68. The number of nitrogens with one attached hydrogen (secondary N) is 1. The van der Waals surface area contributed by atoms with Crippen LogP contribution in [-0.2, 0) is 4.79 Å². The highest BCUT2D eigenvalue weighted by Gasteiger charge is 2.13. The van der Waals surface area contributed by atoms with Gasteiger partial charge in [-0.3, -0.25) is 9.78 Å². The molecule has 0 spiro atoms. The number of benzene rings is 1. The number of alkyl halides is 1. The molecule has 0 aliphatic rings. The molecule has 0 aliphatic carbocycles. The van der Waals surface area contributed by atoms with Gasteiger partial charge in [0.2, 0.25) is 5.91 Å². The van der Waals surface area contributed by atoms with Gasteiger partial charge in [-0.25, -0.2) is 4.39 Å². The number of fused-ring (bicyclic) bond motifs is 1. The highest BCUT2D eigenvalue weighted by Crippen LogP contribution is 2.21. The van der Waals surface area contributed by atoms with E-state index in [1.807, 2.05) is 31.2 Å². The molecule has 100 valence electrons. The quantitative estimate of drug-likeness (QED) is 0.890. The first-order chi connectivity index (χ1) is 9.20. The number of amides is 1. The van der Waals surface area contributed by atoms with Crippen molar-refractivity contribution >= 4 is 22.5 Å². The molecule has 0 fully saturated rings. The summed E-state index contributed by atoms with van der Waals surface area (Å²) in [6.07, 6.45) is 1.66. The maximum Gasteiger partial charge on any atom is 0.227 e. The Morgan fingerprint density at radius 3 is 2.95 bits per heavy atom. The molecule has 0 radical (unpaired) electrons. The minimum atomic E-state index is -1.08. The van der Waals surface area contributed by atoms with Crippen molar-refractivity contribution in [3.05, 3.63) is 36.5 Å². The molecule has 0 saturated heterocycles. The summed E-state index contributed by atoms with van der Waals surface area (Å²) < 4.78 is 13.4. The average Bonchev–Trinajstić information content (AvgIpc) is 2.39. The van der Waals surface area contributed by atoms with Crippen LogP contribution in [0.4, 0.5) is 10.1 Å². The van der Waals surface area contributed by atoms with Crippen LogP contribution in [-0.4, -0.2) is 17.1 Å². The first-order valence-electron chi connectivity index (χ1n) is 6.48. The molecule has 19 heavy (non-hydrogen) atoms. The second-order valence-electron chi connectivity index (χ2n) is 4.52. The summed E-state index contributed by atoms with van der Waals surface area (Å²) in [5.74, 6) is -0.306. The topological polar surface area (TPSA) is 42.0 Å². The van der Waals surface area contributed by atoms with E-state index in [9.17, 15) is 9.18 Å². The van der Waals surface area contributed by atoms with Crippen molar-refractivity contribution < 1.29 is 9.18 Å². The van der Waals surface area contributed by atoms with Crippen LogP contribution in [0.25, 0.3) is 10.9 Å². The Morgan fingerprint density at radius 1 is 1.37 bits per heavy atom. The minimum absolute atomic E-state index is 0.100. The van der Waals surface area contributed by atoms with Crippen LogP contribution in [0.5, 0.6) is 0 Å². The van der Waals surface area contributed by atoms with E-state index in [-0.39, 0.29) is 12.3 Å². The molecule has 1 amide bonds. The highest BCUT2D eigenvalue weighted by molar-refractivity contribution is 6.00. The fraction of sp³-hybridized carbons (Fsp3) is 0.333. The Kier molecular flexibility index (Phi) is 4.44. The molecule has 3 nitrogen and oxygen atoms in total. The third kappa shape index (κ3) is 3.50. The van der Waals surface area contributed by atoms with Gasteiger partial charge in [0, 0.05) is 11.6 Å². The van der Waals surface area contributed by atoms with E-state index in [1.165, 1.54) is 0 Å². The Labute approximate surface area is 111 Å². The lowest BCUT2D eigenvalue weighted by atomic mass is 10.1. The zero-order valence-corrected chi connectivity index (χ0v) is 10.9. The van der Waals surface area contributed by atoms with Crippen LogP contribution in [0, 0.1) is 0 Å². The van der Waals surface area contributed by atoms with Gasteiger partial charge < -0.3 is 5.32 Å². The number of rotatable bonds is 5. The lowest BCUT2D eigenvalue weighted by molar-refractivity contribution is -0.117. The smallest absolute Gasteiger partial charge is 0.227 e. The summed E-state index contributed by atoms with van der Waals surface area (Å²) in [7, 11) is 0. The van der Waals surface area contributed by atoms with Crippen molar-refractivity contribution in [2.45, 2.75) is 32.4 Å². The molecule has 2 aromatic rings. The zero-order chi connectivity index (χ0) is 13.7. The number of hydrogen-bond donors (Lipinski definition) is 1. The number of para-hydroxylation sites is 1. The first kappa shape index (κ1) is 13.5. The molecule has 1 heterocycles. The molecule has 0 bridgehead atoms. The highest BCUT2D eigenvalue weighted by atomic mass is 19.1. The number of carbonyl (C=O) groups is 1. The van der Waals surface area contributed by atoms with Crippen LogP contribution < -0.4 is 5.32 Å². The maximum atomic E-state index is 13.4. The van der Waals surface area contributed by atoms with Crippen molar-refractivity contribution in [2.24, 2.45) is 0 Å². The van der Waals surface area contributed by atoms with Crippen molar-refractivity contribution in [1.29, 1.82) is 0 Å². The third-order valence-electron chi connectivity index (χ3n) is 2.92. The van der Waals surface area contributed by atoms with Crippen LogP contribution in [0.1, 0.15) is 26.2 Å². The van der Waals surface area contributed by atoms with Crippen molar-refractivity contribution in [3.63, 3.8) is 0 Å². The summed E-state index contributed by atoms with van der Waals surface area (Å²) in [6.45, 7) is 1.90. The van der Waals surface area contributed by atoms with E-state index in [2.05, 4.69) is 10.3 Å². The lowest BCUT2D eigenvalue weighted by Gasteiger charge is -2.09. The minimum Gasteiger partial charge on any atom is -0.324 e. The number of hydrogen-bond acceptors (Lipinski definition) is 2. The molecule has 1 aromatic carbocycles. The third-order valence-corrected chi connectivity index (χ3v) is 2.92. The molecular weight excluding hydrogens is 243 g/mol. The van der Waals surface area contributed by atoms with Crippen LogP contribution in [0.2, 0.25) is 0 Å². The summed E-state index contributed by atoms with van der Waals surface area (Å²) in [5.41, 5.74) is 1.36. The van der Waals surface area contributed by atoms with Gasteiger partial charge in [-0.2, -0.15) is 0 Å². The average molecular weight is 260 g/mol. The summed E-state index contributed by atoms with van der Waals surface area (Å²) in [4.78, 5) is 16.0. The number of aromatic nitrogens is 1. The van der Waals surface area contributed by atoms with E-state index < -0.39 is 6.17 Å². The summed E-state index contributed by atoms with van der Waals surface area (Å²) in [6, 6.07) is 9.31. The van der Waals surface area contributed by atoms with Gasteiger partial charge in [0.05, 0.1) is 17.6 Å². The van der Waals surface area contributed by atoms with E-state index in [0.717, 1.165) is 17.3 Å². The molecule has 2 rings (SSSR count). The molecule has 1 unspecified atom stereocenters. The molecular formula is C15H17FN2O. The van der Waals surface area contributed by atoms with Gasteiger partial charge in [0.15, 0.2) is 0 Å². The molecule has 1 atom stereocenters.